The Morgan fingerprint density at radius 3 is 2.25 bits per heavy atom. The topological polar surface area (TPSA) is 40.5 Å². The van der Waals surface area contributed by atoms with Gasteiger partial charge in [0.2, 0.25) is 0 Å². The highest BCUT2D eigenvalue weighted by atomic mass is 16.3. The third kappa shape index (κ3) is 2.79. The molecule has 0 amide bonds. The van der Waals surface area contributed by atoms with Crippen molar-refractivity contribution in [2.75, 3.05) is 13.1 Å². The predicted octanol–water partition coefficient (Wildman–Crippen LogP) is 3.24. The lowest BCUT2D eigenvalue weighted by Crippen LogP contribution is -2.53. The van der Waals surface area contributed by atoms with Crippen LogP contribution in [0, 0.1) is 5.92 Å². The molecule has 1 saturated heterocycles. The average Bonchev–Trinajstić information content (AvgIpc) is 3.48. The number of hydrogen-bond donors (Lipinski definition) is 1. The van der Waals surface area contributed by atoms with E-state index in [0.29, 0.717) is 24.6 Å². The Morgan fingerprint density at radius 2 is 1.62 bits per heavy atom. The second-order valence-corrected chi connectivity index (χ2v) is 7.05. The molecule has 1 saturated carbocycles. The highest BCUT2D eigenvalue weighted by Gasteiger charge is 2.48. The molecule has 2 atom stereocenters. The first-order chi connectivity index (χ1) is 11.7. The molecule has 1 aliphatic carbocycles. The first-order valence-electron chi connectivity index (χ1n) is 8.80. The average molecular weight is 321 g/mol. The summed E-state index contributed by atoms with van der Waals surface area (Å²) in [6, 6.07) is 19.7. The van der Waals surface area contributed by atoms with Crippen molar-refractivity contribution < 1.29 is 9.90 Å². The number of ketones is 1. The van der Waals surface area contributed by atoms with Crippen molar-refractivity contribution in [2.24, 2.45) is 5.92 Å². The fourth-order valence-corrected chi connectivity index (χ4v) is 3.91. The molecule has 2 aromatic rings. The summed E-state index contributed by atoms with van der Waals surface area (Å²) < 4.78 is 0. The molecule has 2 aliphatic rings. The van der Waals surface area contributed by atoms with Gasteiger partial charge in [-0.05, 0) is 24.8 Å². The number of rotatable bonds is 4. The molecular weight excluding hydrogens is 298 g/mol. The van der Waals surface area contributed by atoms with Gasteiger partial charge in [0.15, 0.2) is 5.78 Å². The molecule has 24 heavy (non-hydrogen) atoms. The van der Waals surface area contributed by atoms with E-state index in [0.717, 1.165) is 12.1 Å². The van der Waals surface area contributed by atoms with Gasteiger partial charge in [-0.25, -0.2) is 0 Å². The summed E-state index contributed by atoms with van der Waals surface area (Å²) >= 11 is 0. The van der Waals surface area contributed by atoms with Crippen LogP contribution >= 0.6 is 0 Å². The maximum atomic E-state index is 13.2. The number of likely N-dealkylation sites (tertiary alicyclic amines) is 1. The van der Waals surface area contributed by atoms with Crippen LogP contribution in [0.2, 0.25) is 0 Å². The zero-order chi connectivity index (χ0) is 16.6. The first kappa shape index (κ1) is 15.6. The first-order valence-corrected chi connectivity index (χ1v) is 8.80. The minimum Gasteiger partial charge on any atom is -0.384 e. The van der Waals surface area contributed by atoms with E-state index in [-0.39, 0.29) is 5.78 Å². The van der Waals surface area contributed by atoms with E-state index in [1.165, 1.54) is 12.8 Å². The van der Waals surface area contributed by atoms with Gasteiger partial charge in [-0.1, -0.05) is 60.7 Å². The van der Waals surface area contributed by atoms with E-state index in [1.54, 1.807) is 0 Å². The number of carbonyl (C=O) groups excluding carboxylic acids is 1. The van der Waals surface area contributed by atoms with Gasteiger partial charge in [-0.15, -0.1) is 0 Å². The zero-order valence-electron chi connectivity index (χ0n) is 13.8. The second-order valence-electron chi connectivity index (χ2n) is 7.05. The molecule has 0 spiro atoms. The van der Waals surface area contributed by atoms with E-state index < -0.39 is 11.5 Å². The van der Waals surface area contributed by atoms with Crippen molar-refractivity contribution in [1.29, 1.82) is 0 Å². The maximum Gasteiger partial charge on any atom is 0.170 e. The van der Waals surface area contributed by atoms with Crippen LogP contribution in [-0.4, -0.2) is 34.9 Å². The monoisotopic (exact) mass is 321 g/mol. The van der Waals surface area contributed by atoms with Crippen LogP contribution < -0.4 is 0 Å². The number of Topliss-reactive ketones (excluding diaryl/α,β-unsaturated/α-hetero) is 1. The van der Waals surface area contributed by atoms with Gasteiger partial charge in [-0.3, -0.25) is 9.69 Å². The smallest absolute Gasteiger partial charge is 0.170 e. The molecule has 2 fully saturated rings. The van der Waals surface area contributed by atoms with Gasteiger partial charge in [-0.2, -0.15) is 0 Å². The van der Waals surface area contributed by atoms with E-state index >= 15 is 0 Å². The summed E-state index contributed by atoms with van der Waals surface area (Å²) in [6.45, 7) is 1.50. The third-order valence-corrected chi connectivity index (χ3v) is 5.49. The van der Waals surface area contributed by atoms with Crippen LogP contribution in [0.5, 0.6) is 0 Å². The number of carbonyl (C=O) groups is 1. The molecule has 0 bridgehead atoms. The van der Waals surface area contributed by atoms with Crippen LogP contribution in [0.15, 0.2) is 60.7 Å². The van der Waals surface area contributed by atoms with Crippen LogP contribution in [0.25, 0.3) is 0 Å². The van der Waals surface area contributed by atoms with Crippen molar-refractivity contribution in [3.63, 3.8) is 0 Å². The minimum atomic E-state index is -1.08. The molecule has 124 valence electrons. The third-order valence-electron chi connectivity index (χ3n) is 5.49. The largest absolute Gasteiger partial charge is 0.384 e. The molecule has 1 heterocycles. The highest BCUT2D eigenvalue weighted by molar-refractivity contribution is 5.99. The molecule has 0 unspecified atom stereocenters. The predicted molar refractivity (Wildman–Crippen MR) is 93.8 cm³/mol. The van der Waals surface area contributed by atoms with Crippen LogP contribution in [-0.2, 0) is 5.60 Å². The lowest BCUT2D eigenvalue weighted by molar-refractivity contribution is -0.0658. The quantitative estimate of drug-likeness (QED) is 0.879. The minimum absolute atomic E-state index is 0.0484. The van der Waals surface area contributed by atoms with Gasteiger partial charge < -0.3 is 5.11 Å². The van der Waals surface area contributed by atoms with E-state index in [9.17, 15) is 9.90 Å². The van der Waals surface area contributed by atoms with Crippen LogP contribution in [0.1, 0.15) is 35.2 Å². The molecule has 1 N–H and O–H groups in total. The van der Waals surface area contributed by atoms with Crippen molar-refractivity contribution >= 4 is 5.78 Å². The van der Waals surface area contributed by atoms with Crippen molar-refractivity contribution in [3.05, 3.63) is 71.8 Å². The Hall–Kier alpha value is -1.97. The fourth-order valence-electron chi connectivity index (χ4n) is 3.91. The van der Waals surface area contributed by atoms with Gasteiger partial charge in [0, 0.05) is 24.7 Å². The van der Waals surface area contributed by atoms with Gasteiger partial charge >= 0.3 is 0 Å². The van der Waals surface area contributed by atoms with Gasteiger partial charge in [0.1, 0.15) is 5.60 Å². The number of aliphatic hydroxyl groups is 1. The summed E-state index contributed by atoms with van der Waals surface area (Å²) in [5, 5.41) is 11.5. The molecule has 0 radical (unpaired) electrons. The highest BCUT2D eigenvalue weighted by Crippen LogP contribution is 2.42. The van der Waals surface area contributed by atoms with Crippen molar-refractivity contribution in [1.82, 2.24) is 4.90 Å². The Morgan fingerprint density at radius 1 is 1.00 bits per heavy atom. The number of nitrogens with zero attached hydrogens (tertiary/aromatic N) is 1. The fraction of sp³-hybridized carbons (Fsp3) is 0.381. The molecule has 4 rings (SSSR count). The zero-order valence-corrected chi connectivity index (χ0v) is 13.8. The standard InChI is InChI=1S/C21H23NO2/c23-20(16-7-3-1-4-8-16)19-15-22(18-11-12-18)14-13-21(19,24)17-9-5-2-6-10-17/h1-10,18-19,24H,11-15H2/t19-,21+/m1/s1. The summed E-state index contributed by atoms with van der Waals surface area (Å²) in [5.41, 5.74) is 0.462. The summed E-state index contributed by atoms with van der Waals surface area (Å²) in [7, 11) is 0. The Kier molecular flexibility index (Phi) is 3.99. The number of benzene rings is 2. The Labute approximate surface area is 142 Å². The van der Waals surface area contributed by atoms with E-state index in [2.05, 4.69) is 4.90 Å². The van der Waals surface area contributed by atoms with E-state index in [1.807, 2.05) is 60.7 Å². The lowest BCUT2D eigenvalue weighted by Gasteiger charge is -2.44. The summed E-state index contributed by atoms with van der Waals surface area (Å²) in [4.78, 5) is 15.6. The molecule has 0 aromatic heterocycles. The van der Waals surface area contributed by atoms with E-state index in [4.69, 9.17) is 0 Å². The van der Waals surface area contributed by atoms with Crippen molar-refractivity contribution in [3.8, 4) is 0 Å². The molecule has 2 aromatic carbocycles. The van der Waals surface area contributed by atoms with Gasteiger partial charge in [0.05, 0.1) is 5.92 Å². The Bertz CT molecular complexity index is 711. The summed E-state index contributed by atoms with van der Waals surface area (Å²) in [6.07, 6.45) is 3.04. The number of hydrogen-bond acceptors (Lipinski definition) is 3. The summed E-state index contributed by atoms with van der Waals surface area (Å²) in [5.74, 6) is -0.371. The molecular formula is C21H23NO2. The lowest BCUT2D eigenvalue weighted by atomic mass is 9.72. The number of piperidine rings is 1. The normalized spacial score (nSPS) is 27.8. The van der Waals surface area contributed by atoms with Gasteiger partial charge in [0.25, 0.3) is 0 Å². The molecule has 1 aliphatic heterocycles. The molecule has 3 nitrogen and oxygen atoms in total. The van der Waals surface area contributed by atoms with Crippen molar-refractivity contribution in [2.45, 2.75) is 30.9 Å². The SMILES string of the molecule is O=C(c1ccccc1)[C@H]1CN(C2CC2)CC[C@]1(O)c1ccccc1. The Balaban J connectivity index is 1.70. The molecule has 3 heteroatoms. The second kappa shape index (κ2) is 6.15. The maximum absolute atomic E-state index is 13.2. The van der Waals surface area contributed by atoms with Crippen LogP contribution in [0.4, 0.5) is 0 Å². The van der Waals surface area contributed by atoms with Crippen LogP contribution in [0.3, 0.4) is 0 Å².